The predicted molar refractivity (Wildman–Crippen MR) is 61.8 cm³/mol. The fourth-order valence-electron chi connectivity index (χ4n) is 1.64. The van der Waals surface area contributed by atoms with E-state index in [1.165, 1.54) is 19.3 Å². The maximum absolute atomic E-state index is 10.6. The van der Waals surface area contributed by atoms with Crippen molar-refractivity contribution in [3.8, 4) is 0 Å². The Hall–Kier alpha value is 0.490. The van der Waals surface area contributed by atoms with Gasteiger partial charge in [0.25, 0.3) is 0 Å². The molecule has 0 aliphatic carbocycles. The van der Waals surface area contributed by atoms with Gasteiger partial charge >= 0.3 is 0 Å². The lowest BCUT2D eigenvalue weighted by molar-refractivity contribution is 0.229. The van der Waals surface area contributed by atoms with Crippen molar-refractivity contribution in [1.29, 1.82) is 0 Å². The van der Waals surface area contributed by atoms with E-state index in [2.05, 4.69) is 4.90 Å². The SMILES string of the molecule is Cl.O=S(=O)(Cl)CCCN1CCCCC1. The van der Waals surface area contributed by atoms with Gasteiger partial charge in [-0.25, -0.2) is 8.42 Å². The summed E-state index contributed by atoms with van der Waals surface area (Å²) in [6.45, 7) is 3.09. The van der Waals surface area contributed by atoms with Crippen molar-refractivity contribution in [3.63, 3.8) is 0 Å². The standard InChI is InChI=1S/C8H16ClNO2S.ClH/c9-13(11,12)8-4-7-10-5-2-1-3-6-10;/h1-8H2;1H. The zero-order valence-corrected chi connectivity index (χ0v) is 10.5. The Balaban J connectivity index is 0.00000169. The summed E-state index contributed by atoms with van der Waals surface area (Å²) in [5, 5.41) is 0. The van der Waals surface area contributed by atoms with Crippen molar-refractivity contribution in [1.82, 2.24) is 4.90 Å². The van der Waals surface area contributed by atoms with E-state index in [-0.39, 0.29) is 18.2 Å². The van der Waals surface area contributed by atoms with Crippen LogP contribution in [0, 0.1) is 0 Å². The molecule has 0 N–H and O–H groups in total. The first-order valence-corrected chi connectivity index (χ1v) is 7.20. The largest absolute Gasteiger partial charge is 0.303 e. The van der Waals surface area contributed by atoms with Crippen molar-refractivity contribution in [2.45, 2.75) is 25.7 Å². The number of halogens is 2. The van der Waals surface area contributed by atoms with Crippen LogP contribution in [0.1, 0.15) is 25.7 Å². The molecule has 1 fully saturated rings. The lowest BCUT2D eigenvalue weighted by Crippen LogP contribution is -2.31. The molecule has 1 rings (SSSR count). The van der Waals surface area contributed by atoms with Crippen molar-refractivity contribution in [2.24, 2.45) is 0 Å². The van der Waals surface area contributed by atoms with E-state index in [1.807, 2.05) is 0 Å². The summed E-state index contributed by atoms with van der Waals surface area (Å²) in [5.74, 6) is 0.102. The minimum absolute atomic E-state index is 0. The van der Waals surface area contributed by atoms with E-state index in [4.69, 9.17) is 10.7 Å². The third-order valence-electron chi connectivity index (χ3n) is 2.31. The van der Waals surface area contributed by atoms with Gasteiger partial charge in [-0.1, -0.05) is 6.42 Å². The molecule has 86 valence electrons. The fourth-order valence-corrected chi connectivity index (χ4v) is 2.44. The molecule has 14 heavy (non-hydrogen) atoms. The highest BCUT2D eigenvalue weighted by molar-refractivity contribution is 8.13. The highest BCUT2D eigenvalue weighted by Crippen LogP contribution is 2.09. The normalized spacial score (nSPS) is 18.9. The van der Waals surface area contributed by atoms with Crippen molar-refractivity contribution < 1.29 is 8.42 Å². The first-order valence-electron chi connectivity index (χ1n) is 4.72. The Labute approximate surface area is 96.6 Å². The zero-order chi connectivity index (χ0) is 9.73. The summed E-state index contributed by atoms with van der Waals surface area (Å²) >= 11 is 0. The third kappa shape index (κ3) is 6.87. The van der Waals surface area contributed by atoms with Gasteiger partial charge in [-0.2, -0.15) is 0 Å². The Kier molecular flexibility index (Phi) is 7.12. The van der Waals surface area contributed by atoms with Crippen LogP contribution in [-0.4, -0.2) is 38.7 Å². The zero-order valence-electron chi connectivity index (χ0n) is 8.12. The van der Waals surface area contributed by atoms with Crippen LogP contribution in [0.25, 0.3) is 0 Å². The molecule has 3 nitrogen and oxygen atoms in total. The van der Waals surface area contributed by atoms with Crippen LogP contribution in [0.3, 0.4) is 0 Å². The minimum Gasteiger partial charge on any atom is -0.303 e. The third-order valence-corrected chi connectivity index (χ3v) is 3.55. The monoisotopic (exact) mass is 261 g/mol. The number of likely N-dealkylation sites (tertiary alicyclic amines) is 1. The molecule has 0 radical (unpaired) electrons. The number of rotatable bonds is 4. The topological polar surface area (TPSA) is 37.4 Å². The lowest BCUT2D eigenvalue weighted by atomic mass is 10.1. The van der Waals surface area contributed by atoms with Crippen LogP contribution in [0.2, 0.25) is 0 Å². The molecule has 0 aromatic rings. The Morgan fingerprint density at radius 3 is 2.21 bits per heavy atom. The maximum Gasteiger partial charge on any atom is 0.232 e. The molecule has 1 heterocycles. The highest BCUT2D eigenvalue weighted by atomic mass is 35.7. The molecule has 1 saturated heterocycles. The van der Waals surface area contributed by atoms with Crippen LogP contribution < -0.4 is 0 Å². The molecule has 0 aromatic heterocycles. The van der Waals surface area contributed by atoms with Crippen LogP contribution in [-0.2, 0) is 9.05 Å². The van der Waals surface area contributed by atoms with Gasteiger partial charge in [0.1, 0.15) is 0 Å². The Morgan fingerprint density at radius 1 is 1.14 bits per heavy atom. The molecule has 0 bridgehead atoms. The highest BCUT2D eigenvalue weighted by Gasteiger charge is 2.11. The van der Waals surface area contributed by atoms with Crippen LogP contribution >= 0.6 is 23.1 Å². The molecule has 0 spiro atoms. The van der Waals surface area contributed by atoms with Gasteiger partial charge in [-0.3, -0.25) is 0 Å². The summed E-state index contributed by atoms with van der Waals surface area (Å²) < 4.78 is 21.2. The first-order chi connectivity index (χ1) is 6.08. The summed E-state index contributed by atoms with van der Waals surface area (Å²) in [5.41, 5.74) is 0. The van der Waals surface area contributed by atoms with Gasteiger partial charge in [-0.05, 0) is 38.9 Å². The van der Waals surface area contributed by atoms with Gasteiger partial charge in [0.05, 0.1) is 5.75 Å². The predicted octanol–water partition coefficient (Wildman–Crippen LogP) is 1.85. The average molecular weight is 262 g/mol. The molecule has 6 heteroatoms. The van der Waals surface area contributed by atoms with Gasteiger partial charge in [0, 0.05) is 10.7 Å². The molecule has 0 aromatic carbocycles. The summed E-state index contributed by atoms with van der Waals surface area (Å²) in [4.78, 5) is 2.31. The number of piperidine rings is 1. The van der Waals surface area contributed by atoms with Crippen molar-refractivity contribution in [3.05, 3.63) is 0 Å². The van der Waals surface area contributed by atoms with E-state index < -0.39 is 9.05 Å². The minimum atomic E-state index is -3.28. The average Bonchev–Trinajstić information content (AvgIpc) is 2.04. The second-order valence-electron chi connectivity index (χ2n) is 3.50. The van der Waals surface area contributed by atoms with Crippen molar-refractivity contribution >= 4 is 32.1 Å². The quantitative estimate of drug-likeness (QED) is 0.726. The Morgan fingerprint density at radius 2 is 1.71 bits per heavy atom. The molecular formula is C8H17Cl2NO2S. The van der Waals surface area contributed by atoms with E-state index >= 15 is 0 Å². The maximum atomic E-state index is 10.6. The Bertz CT molecular complexity index is 238. The molecule has 1 aliphatic heterocycles. The fraction of sp³-hybridized carbons (Fsp3) is 1.00. The second-order valence-corrected chi connectivity index (χ2v) is 6.40. The smallest absolute Gasteiger partial charge is 0.232 e. The second kappa shape index (κ2) is 6.88. The number of nitrogens with zero attached hydrogens (tertiary/aromatic N) is 1. The molecule has 0 saturated carbocycles. The van der Waals surface area contributed by atoms with E-state index in [0.717, 1.165) is 19.6 Å². The van der Waals surface area contributed by atoms with E-state index in [9.17, 15) is 8.42 Å². The van der Waals surface area contributed by atoms with Gasteiger partial charge < -0.3 is 4.90 Å². The molecular weight excluding hydrogens is 245 g/mol. The molecule has 0 amide bonds. The van der Waals surface area contributed by atoms with Gasteiger partial charge in [-0.15, -0.1) is 12.4 Å². The summed E-state index contributed by atoms with van der Waals surface area (Å²) in [7, 11) is 1.83. The lowest BCUT2D eigenvalue weighted by Gasteiger charge is -2.25. The van der Waals surface area contributed by atoms with Crippen LogP contribution in [0.4, 0.5) is 0 Å². The number of hydrogen-bond acceptors (Lipinski definition) is 3. The first kappa shape index (κ1) is 14.5. The van der Waals surface area contributed by atoms with Gasteiger partial charge in [0.15, 0.2) is 0 Å². The van der Waals surface area contributed by atoms with Crippen molar-refractivity contribution in [2.75, 3.05) is 25.4 Å². The number of hydrogen-bond donors (Lipinski definition) is 0. The van der Waals surface area contributed by atoms with E-state index in [0.29, 0.717) is 6.42 Å². The molecule has 0 atom stereocenters. The summed E-state index contributed by atoms with van der Waals surface area (Å²) in [6.07, 6.45) is 4.46. The molecule has 1 aliphatic rings. The van der Waals surface area contributed by atoms with E-state index in [1.54, 1.807) is 0 Å². The summed E-state index contributed by atoms with van der Waals surface area (Å²) in [6, 6.07) is 0. The van der Waals surface area contributed by atoms with Gasteiger partial charge in [0.2, 0.25) is 9.05 Å². The van der Waals surface area contributed by atoms with Crippen LogP contribution in [0.15, 0.2) is 0 Å². The molecule has 0 unspecified atom stereocenters. The van der Waals surface area contributed by atoms with Crippen LogP contribution in [0.5, 0.6) is 0 Å².